The number of halogens is 1. The fourth-order valence-corrected chi connectivity index (χ4v) is 6.51. The molecule has 0 aliphatic carbocycles. The molecule has 1 heterocycles. The van der Waals surface area contributed by atoms with Crippen LogP contribution < -0.4 is 9.62 Å². The summed E-state index contributed by atoms with van der Waals surface area (Å²) in [6, 6.07) is 18.2. The summed E-state index contributed by atoms with van der Waals surface area (Å²) in [6.45, 7) is 5.04. The van der Waals surface area contributed by atoms with Crippen LogP contribution >= 0.6 is 11.6 Å². The highest BCUT2D eigenvalue weighted by Gasteiger charge is 2.43. The summed E-state index contributed by atoms with van der Waals surface area (Å²) in [5.74, 6) is -1.49. The third-order valence-electron chi connectivity index (χ3n) is 6.18. The number of carbonyl (C=O) groups excluding carboxylic acids is 1. The van der Waals surface area contributed by atoms with E-state index in [1.807, 2.05) is 22.9 Å². The molecule has 0 bridgehead atoms. The van der Waals surface area contributed by atoms with E-state index in [4.69, 9.17) is 11.6 Å². The van der Waals surface area contributed by atoms with Crippen LogP contribution in [0.15, 0.2) is 83.9 Å². The quantitative estimate of drug-likeness (QED) is 0.321. The Morgan fingerprint density at radius 1 is 1.00 bits per heavy atom. The Morgan fingerprint density at radius 3 is 2.34 bits per heavy atom. The topological polar surface area (TPSA) is 109 Å². The molecule has 10 heteroatoms. The molecule has 0 aliphatic rings. The first-order chi connectivity index (χ1) is 17.8. The summed E-state index contributed by atoms with van der Waals surface area (Å²) < 4.78 is 30.7. The fourth-order valence-electron chi connectivity index (χ4n) is 4.42. The van der Waals surface area contributed by atoms with Crippen LogP contribution in [-0.4, -0.2) is 43.1 Å². The lowest BCUT2D eigenvalue weighted by Crippen LogP contribution is -2.52. The molecule has 0 aliphatic heterocycles. The highest BCUT2D eigenvalue weighted by molar-refractivity contribution is 7.93. The molecule has 4 aromatic rings. The van der Waals surface area contributed by atoms with Gasteiger partial charge in [-0.2, -0.15) is 0 Å². The van der Waals surface area contributed by atoms with Crippen molar-refractivity contribution in [3.8, 4) is 5.69 Å². The van der Waals surface area contributed by atoms with Crippen molar-refractivity contribution < 1.29 is 23.1 Å². The van der Waals surface area contributed by atoms with Gasteiger partial charge in [0.1, 0.15) is 6.04 Å². The molecule has 2 N–H and O–H groups in total. The zero-order chi connectivity index (χ0) is 27.8. The third kappa shape index (κ3) is 5.12. The number of carboxylic acid groups (broad SMARTS) is 1. The second-order valence-corrected chi connectivity index (χ2v) is 12.2. The van der Waals surface area contributed by atoms with Crippen LogP contribution in [0.25, 0.3) is 16.6 Å². The van der Waals surface area contributed by atoms with Crippen molar-refractivity contribution in [2.24, 2.45) is 5.41 Å². The van der Waals surface area contributed by atoms with E-state index in [0.29, 0.717) is 10.9 Å². The van der Waals surface area contributed by atoms with Gasteiger partial charge < -0.3 is 15.0 Å². The van der Waals surface area contributed by atoms with Crippen molar-refractivity contribution in [3.05, 3.63) is 89.6 Å². The largest absolute Gasteiger partial charge is 0.480 e. The molecular formula is C28H28ClN3O5S. The molecule has 1 unspecified atom stereocenters. The summed E-state index contributed by atoms with van der Waals surface area (Å²) in [5, 5.41) is 13.7. The zero-order valence-electron chi connectivity index (χ0n) is 21.3. The van der Waals surface area contributed by atoms with E-state index in [-0.39, 0.29) is 21.5 Å². The number of benzene rings is 3. The second kappa shape index (κ2) is 10.2. The SMILES string of the molecule is CNC(=O)c1cccc(-n2ccc3cc(N(C(C(=O)O)C(C)(C)C)S(=O)(=O)c4cccc(Cl)c4)ccc32)c1. The molecule has 1 amide bonds. The molecule has 0 saturated carbocycles. The first-order valence-corrected chi connectivity index (χ1v) is 13.6. The Kier molecular flexibility index (Phi) is 7.27. The normalized spacial score (nSPS) is 12.8. The van der Waals surface area contributed by atoms with Gasteiger partial charge in [-0.25, -0.2) is 13.2 Å². The lowest BCUT2D eigenvalue weighted by molar-refractivity contribution is -0.140. The van der Waals surface area contributed by atoms with Crippen LogP contribution in [0.5, 0.6) is 0 Å². The van der Waals surface area contributed by atoms with Crippen molar-refractivity contribution in [2.45, 2.75) is 31.7 Å². The maximum absolute atomic E-state index is 13.9. The van der Waals surface area contributed by atoms with Crippen molar-refractivity contribution in [1.82, 2.24) is 9.88 Å². The minimum atomic E-state index is -4.32. The Hall–Kier alpha value is -3.82. The monoisotopic (exact) mass is 553 g/mol. The van der Waals surface area contributed by atoms with Crippen LogP contribution in [0, 0.1) is 5.41 Å². The number of amides is 1. The van der Waals surface area contributed by atoms with E-state index in [1.54, 1.807) is 70.3 Å². The number of anilines is 1. The summed E-state index contributed by atoms with van der Waals surface area (Å²) in [4.78, 5) is 24.5. The number of aromatic nitrogens is 1. The van der Waals surface area contributed by atoms with E-state index in [1.165, 1.54) is 18.2 Å². The van der Waals surface area contributed by atoms with Gasteiger partial charge in [0, 0.05) is 34.9 Å². The molecule has 1 atom stereocenters. The number of nitrogens with zero attached hydrogens (tertiary/aromatic N) is 2. The number of hydrogen-bond acceptors (Lipinski definition) is 4. The van der Waals surface area contributed by atoms with Crippen LogP contribution in [0.1, 0.15) is 31.1 Å². The number of hydrogen-bond donors (Lipinski definition) is 2. The number of carbonyl (C=O) groups is 2. The van der Waals surface area contributed by atoms with Gasteiger partial charge in [-0.1, -0.05) is 44.5 Å². The maximum atomic E-state index is 13.9. The molecule has 8 nitrogen and oxygen atoms in total. The number of carboxylic acids is 1. The highest BCUT2D eigenvalue weighted by Crippen LogP contribution is 2.36. The molecule has 198 valence electrons. The van der Waals surface area contributed by atoms with Crippen molar-refractivity contribution >= 4 is 50.1 Å². The molecule has 0 saturated heterocycles. The average molecular weight is 554 g/mol. The summed E-state index contributed by atoms with van der Waals surface area (Å²) in [7, 11) is -2.76. The van der Waals surface area contributed by atoms with Gasteiger partial charge in [0.2, 0.25) is 0 Å². The Bertz CT molecular complexity index is 1640. The molecule has 0 fully saturated rings. The third-order valence-corrected chi connectivity index (χ3v) is 8.21. The predicted molar refractivity (Wildman–Crippen MR) is 149 cm³/mol. The zero-order valence-corrected chi connectivity index (χ0v) is 22.9. The van der Waals surface area contributed by atoms with Crippen molar-refractivity contribution in [1.29, 1.82) is 0 Å². The van der Waals surface area contributed by atoms with Crippen LogP contribution in [-0.2, 0) is 14.8 Å². The number of rotatable bonds is 7. The highest BCUT2D eigenvalue weighted by atomic mass is 35.5. The lowest BCUT2D eigenvalue weighted by atomic mass is 9.86. The van der Waals surface area contributed by atoms with Gasteiger partial charge in [0.15, 0.2) is 0 Å². The van der Waals surface area contributed by atoms with Crippen molar-refractivity contribution in [3.63, 3.8) is 0 Å². The predicted octanol–water partition coefficient (Wildman–Crippen LogP) is 5.34. The van der Waals surface area contributed by atoms with Gasteiger partial charge in [0.05, 0.1) is 16.1 Å². The van der Waals surface area contributed by atoms with Crippen LogP contribution in [0.2, 0.25) is 5.02 Å². The Labute approximate surface area is 226 Å². The number of sulfonamides is 1. The molecule has 1 aromatic heterocycles. The number of nitrogens with one attached hydrogen (secondary N) is 1. The molecule has 0 radical (unpaired) electrons. The van der Waals surface area contributed by atoms with Gasteiger partial charge in [-0.15, -0.1) is 0 Å². The Morgan fingerprint density at radius 2 is 1.71 bits per heavy atom. The molecule has 4 rings (SSSR count). The molecule has 38 heavy (non-hydrogen) atoms. The van der Waals surface area contributed by atoms with E-state index < -0.39 is 27.4 Å². The first kappa shape index (κ1) is 27.2. The minimum Gasteiger partial charge on any atom is -0.480 e. The fraction of sp³-hybridized carbons (Fsp3) is 0.214. The van der Waals surface area contributed by atoms with E-state index in [0.717, 1.165) is 15.5 Å². The van der Waals surface area contributed by atoms with E-state index in [9.17, 15) is 23.1 Å². The van der Waals surface area contributed by atoms with Gasteiger partial charge >= 0.3 is 5.97 Å². The number of fused-ring (bicyclic) bond motifs is 1. The molecular weight excluding hydrogens is 526 g/mol. The van der Waals surface area contributed by atoms with Gasteiger partial charge in [0.25, 0.3) is 15.9 Å². The standard InChI is InChI=1S/C28H28ClN3O5S/c1-28(2,3)25(27(34)35)32(38(36,37)23-10-6-8-20(29)17-23)22-11-12-24-18(15-22)13-14-31(24)21-9-5-7-19(16-21)26(33)30-4/h5-17,25H,1-4H3,(H,30,33)(H,34,35). The van der Waals surface area contributed by atoms with E-state index in [2.05, 4.69) is 5.32 Å². The average Bonchev–Trinajstić information content (AvgIpc) is 3.29. The summed E-state index contributed by atoms with van der Waals surface area (Å²) in [5.41, 5.74) is 1.26. The minimum absolute atomic E-state index is 0.107. The first-order valence-electron chi connectivity index (χ1n) is 11.8. The van der Waals surface area contributed by atoms with Gasteiger partial charge in [-0.05, 0) is 66.1 Å². The summed E-state index contributed by atoms with van der Waals surface area (Å²) >= 11 is 6.09. The maximum Gasteiger partial charge on any atom is 0.328 e. The molecule has 3 aromatic carbocycles. The molecule has 0 spiro atoms. The van der Waals surface area contributed by atoms with Crippen LogP contribution in [0.4, 0.5) is 5.69 Å². The number of aliphatic carboxylic acids is 1. The van der Waals surface area contributed by atoms with Gasteiger partial charge in [-0.3, -0.25) is 9.10 Å². The van der Waals surface area contributed by atoms with E-state index >= 15 is 0 Å². The van der Waals surface area contributed by atoms with Crippen molar-refractivity contribution in [2.75, 3.05) is 11.4 Å². The lowest BCUT2D eigenvalue weighted by Gasteiger charge is -2.37. The smallest absolute Gasteiger partial charge is 0.328 e. The van der Waals surface area contributed by atoms with Crippen LogP contribution in [0.3, 0.4) is 0 Å². The second-order valence-electron chi connectivity index (χ2n) is 9.92. The summed E-state index contributed by atoms with van der Waals surface area (Å²) in [6.07, 6.45) is 1.81. The Balaban J connectivity index is 1.89.